The number of rotatable bonds is 50. The lowest BCUT2D eigenvalue weighted by molar-refractivity contribution is -0.167. The van der Waals surface area contributed by atoms with Gasteiger partial charge in [-0.05, 0) is 19.3 Å². The molecule has 0 aromatic rings. The molecule has 0 heterocycles. The lowest BCUT2D eigenvalue weighted by Gasteiger charge is -2.18. The average molecular weight is 849 g/mol. The van der Waals surface area contributed by atoms with Crippen molar-refractivity contribution >= 4 is 17.9 Å². The van der Waals surface area contributed by atoms with Crippen LogP contribution >= 0.6 is 0 Å². The third kappa shape index (κ3) is 47.5. The predicted octanol–water partition coefficient (Wildman–Crippen LogP) is 17.6. The van der Waals surface area contributed by atoms with Gasteiger partial charge in [0.15, 0.2) is 6.10 Å². The van der Waals surface area contributed by atoms with Crippen LogP contribution in [0.3, 0.4) is 0 Å². The molecule has 1 atom stereocenters. The van der Waals surface area contributed by atoms with Crippen LogP contribution in [0.25, 0.3) is 0 Å². The lowest BCUT2D eigenvalue weighted by atomic mass is 10.0. The van der Waals surface area contributed by atoms with Crippen molar-refractivity contribution in [2.24, 2.45) is 0 Å². The molecule has 60 heavy (non-hydrogen) atoms. The van der Waals surface area contributed by atoms with Crippen LogP contribution in [0.4, 0.5) is 0 Å². The minimum atomic E-state index is -0.757. The summed E-state index contributed by atoms with van der Waals surface area (Å²) in [4.78, 5) is 37.5. The number of carbonyl (C=O) groups is 3. The van der Waals surface area contributed by atoms with Gasteiger partial charge >= 0.3 is 17.9 Å². The normalized spacial score (nSPS) is 11.8. The summed E-state index contributed by atoms with van der Waals surface area (Å²) in [5, 5.41) is 0. The van der Waals surface area contributed by atoms with E-state index in [2.05, 4.69) is 20.8 Å². The molecule has 356 valence electrons. The molecule has 0 radical (unpaired) electrons. The van der Waals surface area contributed by atoms with Crippen molar-refractivity contribution < 1.29 is 28.6 Å². The van der Waals surface area contributed by atoms with Crippen LogP contribution in [0.15, 0.2) is 0 Å². The Labute approximate surface area is 374 Å². The van der Waals surface area contributed by atoms with E-state index in [1.54, 1.807) is 0 Å². The summed E-state index contributed by atoms with van der Waals surface area (Å²) in [6, 6.07) is 0. The second-order valence-electron chi connectivity index (χ2n) is 18.5. The van der Waals surface area contributed by atoms with E-state index in [1.165, 1.54) is 205 Å². The summed E-state index contributed by atoms with van der Waals surface area (Å²) in [6.45, 7) is 6.58. The fraction of sp³-hybridized carbons (Fsp3) is 0.944. The molecule has 0 aliphatic rings. The molecule has 0 spiro atoms. The third-order valence-electron chi connectivity index (χ3n) is 12.4. The van der Waals surface area contributed by atoms with Gasteiger partial charge in [-0.1, -0.05) is 271 Å². The van der Waals surface area contributed by atoms with E-state index < -0.39 is 6.10 Å². The van der Waals surface area contributed by atoms with Gasteiger partial charge in [0, 0.05) is 19.3 Å². The maximum Gasteiger partial charge on any atom is 0.306 e. The highest BCUT2D eigenvalue weighted by atomic mass is 16.6. The summed E-state index contributed by atoms with van der Waals surface area (Å²) in [6.07, 6.45) is 54.4. The van der Waals surface area contributed by atoms with Gasteiger partial charge in [0.2, 0.25) is 0 Å². The Morgan fingerprint density at radius 3 is 0.667 bits per heavy atom. The Morgan fingerprint density at radius 1 is 0.267 bits per heavy atom. The van der Waals surface area contributed by atoms with E-state index in [0.29, 0.717) is 19.3 Å². The van der Waals surface area contributed by atoms with Crippen LogP contribution in [0.5, 0.6) is 0 Å². The monoisotopic (exact) mass is 849 g/mol. The summed E-state index contributed by atoms with van der Waals surface area (Å²) in [7, 11) is 0. The molecule has 0 rings (SSSR count). The van der Waals surface area contributed by atoms with Gasteiger partial charge in [0.05, 0.1) is 0 Å². The second-order valence-corrected chi connectivity index (χ2v) is 18.5. The van der Waals surface area contributed by atoms with Crippen molar-refractivity contribution in [2.75, 3.05) is 13.2 Å². The fourth-order valence-corrected chi connectivity index (χ4v) is 8.27. The number of hydrogen-bond donors (Lipinski definition) is 0. The van der Waals surface area contributed by atoms with Gasteiger partial charge in [0.1, 0.15) is 13.2 Å². The van der Waals surface area contributed by atoms with Crippen molar-refractivity contribution in [1.82, 2.24) is 0 Å². The minimum absolute atomic E-state index is 0.0636. The van der Waals surface area contributed by atoms with E-state index in [9.17, 15) is 14.4 Å². The van der Waals surface area contributed by atoms with Crippen LogP contribution in [0.1, 0.15) is 310 Å². The van der Waals surface area contributed by atoms with Crippen LogP contribution in [0, 0.1) is 0 Å². The molecule has 6 heteroatoms. The first-order chi connectivity index (χ1) is 29.5. The summed E-state index contributed by atoms with van der Waals surface area (Å²) >= 11 is 0. The standard InChI is InChI=1S/C54H104O6/c1-4-7-10-13-15-17-19-20-21-22-23-24-25-26-27-28-29-30-31-32-33-34-35-37-38-41-44-47-53(56)59-50-51(49-58-52(55)46-43-40-12-9-6-3)60-54(57)48-45-42-39-36-18-16-14-11-8-5-2/h51H,4-50H2,1-3H3. The molecule has 1 unspecified atom stereocenters. The molecule has 0 aromatic heterocycles. The predicted molar refractivity (Wildman–Crippen MR) is 257 cm³/mol. The smallest absolute Gasteiger partial charge is 0.306 e. The van der Waals surface area contributed by atoms with E-state index in [1.807, 2.05) is 0 Å². The molecular weight excluding hydrogens is 745 g/mol. The largest absolute Gasteiger partial charge is 0.462 e. The molecule has 0 fully saturated rings. The van der Waals surface area contributed by atoms with E-state index in [-0.39, 0.29) is 31.1 Å². The summed E-state index contributed by atoms with van der Waals surface area (Å²) < 4.78 is 16.6. The second kappa shape index (κ2) is 50.1. The Bertz CT molecular complexity index is 889. The molecule has 0 aromatic carbocycles. The zero-order valence-electron chi connectivity index (χ0n) is 40.8. The van der Waals surface area contributed by atoms with Gasteiger partial charge < -0.3 is 14.2 Å². The molecule has 6 nitrogen and oxygen atoms in total. The topological polar surface area (TPSA) is 78.9 Å². The summed E-state index contributed by atoms with van der Waals surface area (Å²) in [5.74, 6) is -0.862. The van der Waals surface area contributed by atoms with E-state index in [4.69, 9.17) is 14.2 Å². The van der Waals surface area contributed by atoms with Crippen LogP contribution in [-0.4, -0.2) is 37.2 Å². The molecular formula is C54H104O6. The first kappa shape index (κ1) is 58.4. The van der Waals surface area contributed by atoms with Crippen molar-refractivity contribution in [3.8, 4) is 0 Å². The molecule has 0 amide bonds. The Kier molecular flexibility index (Phi) is 48.7. The molecule has 0 aliphatic heterocycles. The number of ether oxygens (including phenoxy) is 3. The summed E-state index contributed by atoms with van der Waals surface area (Å²) in [5.41, 5.74) is 0. The SMILES string of the molecule is CCCCCCCCCCCCCCCCCCCCCCCCCCCCCC(=O)OCC(COC(=O)CCCCCCC)OC(=O)CCCCCCCCCCCC. The first-order valence-electron chi connectivity index (χ1n) is 27.0. The van der Waals surface area contributed by atoms with Gasteiger partial charge in [-0.2, -0.15) is 0 Å². The fourth-order valence-electron chi connectivity index (χ4n) is 8.27. The van der Waals surface area contributed by atoms with Crippen LogP contribution in [-0.2, 0) is 28.6 Å². The maximum atomic E-state index is 12.7. The Hall–Kier alpha value is -1.59. The average Bonchev–Trinajstić information content (AvgIpc) is 3.24. The highest BCUT2D eigenvalue weighted by molar-refractivity contribution is 5.71. The molecule has 0 saturated heterocycles. The van der Waals surface area contributed by atoms with Gasteiger partial charge in [-0.3, -0.25) is 14.4 Å². The van der Waals surface area contributed by atoms with Crippen molar-refractivity contribution in [3.63, 3.8) is 0 Å². The third-order valence-corrected chi connectivity index (χ3v) is 12.4. The van der Waals surface area contributed by atoms with Crippen LogP contribution in [0.2, 0.25) is 0 Å². The molecule has 0 N–H and O–H groups in total. The Balaban J connectivity index is 3.88. The van der Waals surface area contributed by atoms with E-state index >= 15 is 0 Å². The minimum Gasteiger partial charge on any atom is -0.462 e. The highest BCUT2D eigenvalue weighted by Gasteiger charge is 2.19. The zero-order chi connectivity index (χ0) is 43.7. The van der Waals surface area contributed by atoms with Crippen molar-refractivity contribution in [3.05, 3.63) is 0 Å². The van der Waals surface area contributed by atoms with Gasteiger partial charge in [-0.25, -0.2) is 0 Å². The number of carbonyl (C=O) groups excluding carboxylic acids is 3. The molecule has 0 aliphatic carbocycles. The van der Waals surface area contributed by atoms with Gasteiger partial charge in [-0.15, -0.1) is 0 Å². The zero-order valence-corrected chi connectivity index (χ0v) is 40.8. The first-order valence-corrected chi connectivity index (χ1v) is 27.0. The van der Waals surface area contributed by atoms with E-state index in [0.717, 1.165) is 64.2 Å². The van der Waals surface area contributed by atoms with Crippen LogP contribution < -0.4 is 0 Å². The molecule has 0 bridgehead atoms. The number of esters is 3. The highest BCUT2D eigenvalue weighted by Crippen LogP contribution is 2.17. The number of hydrogen-bond acceptors (Lipinski definition) is 6. The lowest BCUT2D eigenvalue weighted by Crippen LogP contribution is -2.30. The number of unbranched alkanes of at least 4 members (excludes halogenated alkanes) is 39. The quantitative estimate of drug-likeness (QED) is 0.0345. The maximum absolute atomic E-state index is 12.7. The van der Waals surface area contributed by atoms with Gasteiger partial charge in [0.25, 0.3) is 0 Å². The van der Waals surface area contributed by atoms with Crippen molar-refractivity contribution in [2.45, 2.75) is 316 Å². The Morgan fingerprint density at radius 2 is 0.450 bits per heavy atom. The van der Waals surface area contributed by atoms with Crippen molar-refractivity contribution in [1.29, 1.82) is 0 Å². The molecule has 0 saturated carbocycles.